The van der Waals surface area contributed by atoms with Gasteiger partial charge in [-0.15, -0.1) is 11.8 Å². The lowest BCUT2D eigenvalue weighted by molar-refractivity contribution is 0.441. The molecule has 2 unspecified atom stereocenters. The summed E-state index contributed by atoms with van der Waals surface area (Å²) < 4.78 is 0. The van der Waals surface area contributed by atoms with Gasteiger partial charge in [-0.2, -0.15) is 0 Å². The molecule has 1 aromatic carbocycles. The van der Waals surface area contributed by atoms with E-state index in [1.807, 2.05) is 11.8 Å². The number of fused-ring (bicyclic) bond motifs is 1. The fourth-order valence-electron chi connectivity index (χ4n) is 3.17. The van der Waals surface area contributed by atoms with Crippen LogP contribution in [0, 0.1) is 5.92 Å². The fourth-order valence-corrected chi connectivity index (χ4v) is 4.47. The quantitative estimate of drug-likeness (QED) is 0.829. The van der Waals surface area contributed by atoms with E-state index in [1.165, 1.54) is 42.8 Å². The first-order valence-electron chi connectivity index (χ1n) is 7.27. The second kappa shape index (κ2) is 5.66. The van der Waals surface area contributed by atoms with Gasteiger partial charge in [0.05, 0.1) is 0 Å². The van der Waals surface area contributed by atoms with Gasteiger partial charge in [-0.25, -0.2) is 0 Å². The van der Waals surface area contributed by atoms with Crippen molar-refractivity contribution >= 4 is 11.8 Å². The molecular weight excluding hydrogens is 238 g/mol. The highest BCUT2D eigenvalue weighted by Gasteiger charge is 2.30. The Kier molecular flexibility index (Phi) is 3.95. The minimum Gasteiger partial charge on any atom is -0.317 e. The molecule has 1 N–H and O–H groups in total. The highest BCUT2D eigenvalue weighted by Crippen LogP contribution is 2.42. The van der Waals surface area contributed by atoms with Gasteiger partial charge in [-0.05, 0) is 56.2 Å². The molecule has 0 spiro atoms. The van der Waals surface area contributed by atoms with E-state index < -0.39 is 0 Å². The van der Waals surface area contributed by atoms with E-state index >= 15 is 0 Å². The molecular formula is C16H23NS. The molecule has 98 valence electrons. The van der Waals surface area contributed by atoms with Crippen LogP contribution in [0.3, 0.4) is 0 Å². The molecule has 1 fully saturated rings. The van der Waals surface area contributed by atoms with Crippen molar-refractivity contribution in [3.05, 3.63) is 29.8 Å². The second-order valence-corrected chi connectivity index (χ2v) is 6.77. The van der Waals surface area contributed by atoms with Crippen molar-refractivity contribution in [1.29, 1.82) is 0 Å². The second-order valence-electron chi connectivity index (χ2n) is 5.71. The lowest BCUT2D eigenvalue weighted by Crippen LogP contribution is -2.27. The van der Waals surface area contributed by atoms with Crippen molar-refractivity contribution in [2.24, 2.45) is 5.92 Å². The summed E-state index contributed by atoms with van der Waals surface area (Å²) in [5.74, 6) is 3.09. The number of hydrogen-bond acceptors (Lipinski definition) is 2. The van der Waals surface area contributed by atoms with Crippen molar-refractivity contribution in [3.8, 4) is 0 Å². The number of nitrogens with one attached hydrogen (secondary N) is 1. The Morgan fingerprint density at radius 1 is 1.33 bits per heavy atom. The number of hydrogen-bond donors (Lipinski definition) is 1. The van der Waals surface area contributed by atoms with Crippen LogP contribution in [0.1, 0.15) is 43.6 Å². The van der Waals surface area contributed by atoms with Gasteiger partial charge >= 0.3 is 0 Å². The van der Waals surface area contributed by atoms with E-state index in [1.54, 1.807) is 5.56 Å². The fraction of sp³-hybridized carbons (Fsp3) is 0.625. The number of benzene rings is 1. The Balaban J connectivity index is 1.49. The molecule has 0 saturated heterocycles. The molecule has 1 aliphatic carbocycles. The summed E-state index contributed by atoms with van der Waals surface area (Å²) >= 11 is 2.04. The summed E-state index contributed by atoms with van der Waals surface area (Å²) in [6, 6.07) is 9.75. The van der Waals surface area contributed by atoms with Crippen molar-refractivity contribution in [1.82, 2.24) is 5.32 Å². The lowest BCUT2D eigenvalue weighted by atomic mass is 9.94. The topological polar surface area (TPSA) is 12.0 Å². The average molecular weight is 261 g/mol. The van der Waals surface area contributed by atoms with Crippen LogP contribution in [0.4, 0.5) is 0 Å². The maximum atomic E-state index is 3.50. The molecule has 1 nitrogen and oxygen atoms in total. The molecule has 0 bridgehead atoms. The third-order valence-electron chi connectivity index (χ3n) is 4.43. The van der Waals surface area contributed by atoms with Gasteiger partial charge in [-0.1, -0.05) is 24.6 Å². The Hall–Kier alpha value is -0.470. The molecule has 2 aliphatic rings. The van der Waals surface area contributed by atoms with E-state index in [0.717, 1.165) is 17.9 Å². The number of rotatable bonds is 6. The van der Waals surface area contributed by atoms with Crippen LogP contribution in [0.5, 0.6) is 0 Å². The molecule has 1 saturated carbocycles. The molecule has 2 atom stereocenters. The first kappa shape index (κ1) is 12.6. The highest BCUT2D eigenvalue weighted by atomic mass is 32.2. The van der Waals surface area contributed by atoms with Gasteiger partial charge in [-0.3, -0.25) is 0 Å². The highest BCUT2D eigenvalue weighted by molar-refractivity contribution is 7.99. The summed E-state index contributed by atoms with van der Waals surface area (Å²) in [5, 5.41) is 3.50. The van der Waals surface area contributed by atoms with Gasteiger partial charge < -0.3 is 5.32 Å². The predicted molar refractivity (Wildman–Crippen MR) is 79.3 cm³/mol. The molecule has 3 rings (SSSR count). The van der Waals surface area contributed by atoms with E-state index in [-0.39, 0.29) is 0 Å². The zero-order valence-electron chi connectivity index (χ0n) is 11.2. The maximum absolute atomic E-state index is 3.50. The predicted octanol–water partition coefficient (Wildman–Crippen LogP) is 4.04. The Morgan fingerprint density at radius 2 is 2.17 bits per heavy atom. The standard InChI is InChI=1S/C16H23NS/c1-17-15(12-9-10-12)7-4-5-13-11-18-16-8-3-2-6-14(13)16/h2-3,6,8,12-13,15,17H,4-5,7,9-11H2,1H3. The van der Waals surface area contributed by atoms with Crippen LogP contribution < -0.4 is 5.32 Å². The molecule has 1 aliphatic heterocycles. The molecule has 2 heteroatoms. The molecule has 0 radical (unpaired) electrons. The molecule has 0 amide bonds. The summed E-state index contributed by atoms with van der Waals surface area (Å²) in [5.41, 5.74) is 1.61. The van der Waals surface area contributed by atoms with Crippen LogP contribution in [0.2, 0.25) is 0 Å². The van der Waals surface area contributed by atoms with Crippen molar-refractivity contribution < 1.29 is 0 Å². The smallest absolute Gasteiger partial charge is 0.0107 e. The van der Waals surface area contributed by atoms with Gasteiger partial charge in [0, 0.05) is 16.7 Å². The minimum atomic E-state index is 0.786. The lowest BCUT2D eigenvalue weighted by Gasteiger charge is -2.16. The van der Waals surface area contributed by atoms with E-state index in [2.05, 4.69) is 36.6 Å². The van der Waals surface area contributed by atoms with Crippen LogP contribution >= 0.6 is 11.8 Å². The first-order valence-corrected chi connectivity index (χ1v) is 8.26. The summed E-state index contributed by atoms with van der Waals surface area (Å²) in [4.78, 5) is 1.52. The normalized spacial score (nSPS) is 23.9. The minimum absolute atomic E-state index is 0.786. The van der Waals surface area contributed by atoms with Gasteiger partial charge in [0.1, 0.15) is 0 Å². The summed E-state index contributed by atoms with van der Waals surface area (Å²) in [6.07, 6.45) is 7.02. The molecule has 1 heterocycles. The van der Waals surface area contributed by atoms with Crippen molar-refractivity contribution in [2.75, 3.05) is 12.8 Å². The van der Waals surface area contributed by atoms with Gasteiger partial charge in [0.2, 0.25) is 0 Å². The SMILES string of the molecule is CNC(CCCC1CSc2ccccc21)C1CC1. The summed E-state index contributed by atoms with van der Waals surface area (Å²) in [7, 11) is 2.13. The molecule has 0 aromatic heterocycles. The van der Waals surface area contributed by atoms with Gasteiger partial charge in [0.15, 0.2) is 0 Å². The van der Waals surface area contributed by atoms with Crippen molar-refractivity contribution in [2.45, 2.75) is 49.0 Å². The molecule has 18 heavy (non-hydrogen) atoms. The van der Waals surface area contributed by atoms with E-state index in [0.29, 0.717) is 0 Å². The average Bonchev–Trinajstić information content (AvgIpc) is 3.16. The Bertz CT molecular complexity index is 400. The monoisotopic (exact) mass is 261 g/mol. The zero-order chi connectivity index (χ0) is 12.4. The first-order chi connectivity index (χ1) is 8.88. The van der Waals surface area contributed by atoms with E-state index in [9.17, 15) is 0 Å². The zero-order valence-corrected chi connectivity index (χ0v) is 12.0. The number of thioether (sulfide) groups is 1. The van der Waals surface area contributed by atoms with Crippen LogP contribution in [-0.4, -0.2) is 18.8 Å². The molecule has 1 aromatic rings. The third-order valence-corrected chi connectivity index (χ3v) is 5.68. The third kappa shape index (κ3) is 2.75. The Morgan fingerprint density at radius 3 is 2.94 bits per heavy atom. The van der Waals surface area contributed by atoms with Crippen LogP contribution in [0.25, 0.3) is 0 Å². The van der Waals surface area contributed by atoms with E-state index in [4.69, 9.17) is 0 Å². The maximum Gasteiger partial charge on any atom is 0.0107 e. The summed E-state index contributed by atoms with van der Waals surface area (Å²) in [6.45, 7) is 0. The van der Waals surface area contributed by atoms with Gasteiger partial charge in [0.25, 0.3) is 0 Å². The van der Waals surface area contributed by atoms with Crippen LogP contribution in [-0.2, 0) is 0 Å². The van der Waals surface area contributed by atoms with Crippen molar-refractivity contribution in [3.63, 3.8) is 0 Å². The van der Waals surface area contributed by atoms with Crippen LogP contribution in [0.15, 0.2) is 29.2 Å². The Labute approximate surface area is 115 Å². The largest absolute Gasteiger partial charge is 0.317 e.